The van der Waals surface area contributed by atoms with Gasteiger partial charge < -0.3 is 9.80 Å². The van der Waals surface area contributed by atoms with Gasteiger partial charge in [0.2, 0.25) is 15.9 Å². The summed E-state index contributed by atoms with van der Waals surface area (Å²) in [5.74, 6) is 0.0215. The molecule has 0 N–H and O–H groups in total. The Morgan fingerprint density at radius 2 is 1.77 bits per heavy atom. The highest BCUT2D eigenvalue weighted by atomic mass is 32.2. The molecule has 8 nitrogen and oxygen atoms in total. The highest BCUT2D eigenvalue weighted by molar-refractivity contribution is 7.90. The third-order valence-corrected chi connectivity index (χ3v) is 11.2. The lowest BCUT2D eigenvalue weighted by Gasteiger charge is -2.35. The molecule has 1 aromatic heterocycles. The Morgan fingerprint density at radius 3 is 2.46 bits per heavy atom. The molecule has 2 amide bonds. The van der Waals surface area contributed by atoms with Crippen LogP contribution in [-0.2, 0) is 27.8 Å². The van der Waals surface area contributed by atoms with Gasteiger partial charge in [0.1, 0.15) is 0 Å². The summed E-state index contributed by atoms with van der Waals surface area (Å²) in [5.41, 5.74) is 3.21. The summed E-state index contributed by atoms with van der Waals surface area (Å²) < 4.78 is 28.0. The first-order chi connectivity index (χ1) is 18.8. The molecule has 1 saturated heterocycles. The van der Waals surface area contributed by atoms with E-state index >= 15 is 0 Å². The van der Waals surface area contributed by atoms with Crippen LogP contribution in [-0.4, -0.2) is 82.9 Å². The molecular formula is C30H42N4O4S. The number of fused-ring (bicyclic) bond motifs is 3. The highest BCUT2D eigenvalue weighted by Gasteiger charge is 2.38. The van der Waals surface area contributed by atoms with Gasteiger partial charge in [0.05, 0.1) is 17.2 Å². The molecule has 3 fully saturated rings. The van der Waals surface area contributed by atoms with E-state index in [1.807, 2.05) is 28.9 Å². The zero-order valence-corrected chi connectivity index (χ0v) is 24.2. The number of hydrogen-bond donors (Lipinski definition) is 0. The molecule has 1 aromatic carbocycles. The third-order valence-electron chi connectivity index (χ3n) is 9.53. The summed E-state index contributed by atoms with van der Waals surface area (Å²) in [7, 11) is -3.48. The molecule has 39 heavy (non-hydrogen) atoms. The molecule has 1 atom stereocenters. The fraction of sp³-hybridized carbons (Fsp3) is 0.667. The molecule has 212 valence electrons. The first-order valence-corrected chi connectivity index (χ1v) is 16.7. The van der Waals surface area contributed by atoms with Crippen molar-refractivity contribution >= 4 is 32.7 Å². The summed E-state index contributed by atoms with van der Waals surface area (Å²) in [4.78, 5) is 33.4. The molecule has 4 aliphatic rings. The van der Waals surface area contributed by atoms with Crippen molar-refractivity contribution in [2.45, 2.75) is 90.3 Å². The second-order valence-electron chi connectivity index (χ2n) is 11.9. The lowest BCUT2D eigenvalue weighted by Crippen LogP contribution is -2.47. The first-order valence-electron chi connectivity index (χ1n) is 15.1. The molecule has 0 unspecified atom stereocenters. The van der Waals surface area contributed by atoms with Crippen molar-refractivity contribution in [3.8, 4) is 0 Å². The minimum absolute atomic E-state index is 0.0368. The van der Waals surface area contributed by atoms with Crippen molar-refractivity contribution in [2.24, 2.45) is 5.92 Å². The average molecular weight is 555 g/mol. The van der Waals surface area contributed by atoms with E-state index in [0.29, 0.717) is 42.7 Å². The maximum atomic E-state index is 13.8. The maximum Gasteiger partial charge on any atom is 0.253 e. The molecule has 9 heteroatoms. The molecule has 0 spiro atoms. The zero-order valence-electron chi connectivity index (χ0n) is 23.4. The Hall–Kier alpha value is -2.39. The van der Waals surface area contributed by atoms with Crippen molar-refractivity contribution in [1.29, 1.82) is 0 Å². The van der Waals surface area contributed by atoms with E-state index in [-0.39, 0.29) is 23.5 Å². The summed E-state index contributed by atoms with van der Waals surface area (Å²) >= 11 is 0. The summed E-state index contributed by atoms with van der Waals surface area (Å²) in [6.45, 7) is 7.16. The molecule has 0 bridgehead atoms. The Labute approximate surface area is 232 Å². The Kier molecular flexibility index (Phi) is 7.25. The van der Waals surface area contributed by atoms with Crippen LogP contribution in [0.15, 0.2) is 18.2 Å². The third kappa shape index (κ3) is 4.90. The number of hydrogen-bond acceptors (Lipinski definition) is 5. The molecule has 6 rings (SSSR count). The Bertz CT molecular complexity index is 1370. The van der Waals surface area contributed by atoms with Gasteiger partial charge in [-0.05, 0) is 76.1 Å². The van der Waals surface area contributed by atoms with E-state index < -0.39 is 10.0 Å². The number of aromatic nitrogens is 1. The number of piperidine rings is 1. The van der Waals surface area contributed by atoms with Gasteiger partial charge in [-0.3, -0.25) is 14.5 Å². The zero-order chi connectivity index (χ0) is 27.3. The van der Waals surface area contributed by atoms with Crippen LogP contribution in [0.25, 0.3) is 10.9 Å². The Balaban J connectivity index is 1.31. The van der Waals surface area contributed by atoms with E-state index in [1.165, 1.54) is 25.7 Å². The van der Waals surface area contributed by atoms with Crippen molar-refractivity contribution in [1.82, 2.24) is 18.7 Å². The van der Waals surface area contributed by atoms with Crippen molar-refractivity contribution in [3.05, 3.63) is 35.0 Å². The van der Waals surface area contributed by atoms with E-state index in [2.05, 4.69) is 4.90 Å². The van der Waals surface area contributed by atoms with Crippen LogP contribution in [0.1, 0.15) is 86.8 Å². The molecule has 2 aliphatic carbocycles. The molecular weight excluding hydrogens is 512 g/mol. The summed E-state index contributed by atoms with van der Waals surface area (Å²) in [6, 6.07) is 6.47. The second kappa shape index (κ2) is 10.5. The minimum Gasteiger partial charge on any atom is -0.340 e. The number of rotatable bonds is 7. The van der Waals surface area contributed by atoms with Crippen molar-refractivity contribution < 1.29 is 18.0 Å². The average Bonchev–Trinajstić information content (AvgIpc) is 3.52. The Morgan fingerprint density at radius 1 is 1.00 bits per heavy atom. The number of benzene rings is 1. The maximum absolute atomic E-state index is 13.8. The number of carbonyl (C=O) groups is 2. The predicted molar refractivity (Wildman–Crippen MR) is 152 cm³/mol. The quantitative estimate of drug-likeness (QED) is 0.517. The molecule has 3 heterocycles. The first kappa shape index (κ1) is 26.8. The molecule has 2 saturated carbocycles. The predicted octanol–water partition coefficient (Wildman–Crippen LogP) is 4.00. The van der Waals surface area contributed by atoms with Gasteiger partial charge in [-0.15, -0.1) is 0 Å². The number of carbonyl (C=O) groups excluding carboxylic acids is 2. The summed E-state index contributed by atoms with van der Waals surface area (Å²) in [6.07, 6.45) is 9.45. The van der Waals surface area contributed by atoms with Gasteiger partial charge in [0.15, 0.2) is 0 Å². The molecule has 0 radical (unpaired) electrons. The van der Waals surface area contributed by atoms with E-state index in [4.69, 9.17) is 0 Å². The monoisotopic (exact) mass is 554 g/mol. The molecule has 2 aromatic rings. The van der Waals surface area contributed by atoms with Crippen LogP contribution >= 0.6 is 0 Å². The molecule has 2 aliphatic heterocycles. The van der Waals surface area contributed by atoms with Gasteiger partial charge in [-0.25, -0.2) is 12.4 Å². The smallest absolute Gasteiger partial charge is 0.253 e. The van der Waals surface area contributed by atoms with Crippen molar-refractivity contribution in [3.63, 3.8) is 0 Å². The van der Waals surface area contributed by atoms with Crippen molar-refractivity contribution in [2.75, 3.05) is 31.9 Å². The van der Waals surface area contributed by atoms with Crippen LogP contribution in [0.3, 0.4) is 0 Å². The minimum atomic E-state index is -3.48. The van der Waals surface area contributed by atoms with Gasteiger partial charge in [0, 0.05) is 67.9 Å². The van der Waals surface area contributed by atoms with Crippen LogP contribution in [0.5, 0.6) is 0 Å². The number of nitrogens with zero attached hydrogens (tertiary/aromatic N) is 4. The lowest BCUT2D eigenvalue weighted by molar-refractivity contribution is -0.137. The van der Waals surface area contributed by atoms with Crippen LogP contribution < -0.4 is 0 Å². The van der Waals surface area contributed by atoms with Crippen LogP contribution in [0, 0.1) is 5.92 Å². The van der Waals surface area contributed by atoms with Gasteiger partial charge >= 0.3 is 0 Å². The van der Waals surface area contributed by atoms with Gasteiger partial charge in [-0.1, -0.05) is 12.8 Å². The summed E-state index contributed by atoms with van der Waals surface area (Å²) in [5, 5.41) is 0.881. The van der Waals surface area contributed by atoms with E-state index in [1.54, 1.807) is 17.0 Å². The fourth-order valence-electron chi connectivity index (χ4n) is 7.26. The van der Waals surface area contributed by atoms with Gasteiger partial charge in [-0.2, -0.15) is 0 Å². The van der Waals surface area contributed by atoms with Gasteiger partial charge in [0.25, 0.3) is 5.91 Å². The van der Waals surface area contributed by atoms with Crippen LogP contribution in [0.4, 0.5) is 0 Å². The van der Waals surface area contributed by atoms with E-state index in [0.717, 1.165) is 62.0 Å². The largest absolute Gasteiger partial charge is 0.340 e. The highest BCUT2D eigenvalue weighted by Crippen LogP contribution is 2.36. The van der Waals surface area contributed by atoms with E-state index in [9.17, 15) is 18.0 Å². The number of likely N-dealkylation sites (tertiary alicyclic amines) is 1. The topological polar surface area (TPSA) is 82.9 Å². The number of amides is 2. The normalized spacial score (nSPS) is 22.8. The fourth-order valence-corrected chi connectivity index (χ4v) is 8.51. The van der Waals surface area contributed by atoms with Crippen LogP contribution in [0.2, 0.25) is 0 Å². The lowest BCUT2D eigenvalue weighted by atomic mass is 9.95. The SMILES string of the molecule is CCN(C(=O)[C@H]1CCCN(C(=O)c2ccc3c(c2)c2c(n3S(=O)(=O)CC)CCN(C3CCCC3)C2)C1)C1CC1. The standard InChI is InChI=1S/C30H42N4O4S/c1-3-33(24-12-13-24)30(36)22-8-7-16-32(19-22)29(35)21-11-14-27-25(18-21)26-20-31(23-9-5-6-10-23)17-15-28(26)34(27)39(37,38)4-2/h11,14,18,22-24H,3-10,12-13,15-17,19-20H2,1-2H3/t22-/m0/s1. The second-order valence-corrected chi connectivity index (χ2v) is 14.0.